The monoisotopic (exact) mass is 514 g/mol. The number of hydrogen-bond acceptors (Lipinski definition) is 5. The number of hydrogen-bond donors (Lipinski definition) is 2. The van der Waals surface area contributed by atoms with Crippen LogP contribution in [0.4, 0.5) is 0 Å². The van der Waals surface area contributed by atoms with E-state index in [-0.39, 0.29) is 29.1 Å². The zero-order valence-electron chi connectivity index (χ0n) is 19.0. The number of benzene rings is 2. The van der Waals surface area contributed by atoms with Gasteiger partial charge in [-0.1, -0.05) is 29.8 Å². The molecule has 2 aromatic carbocycles. The number of sulfonamides is 1. The maximum Gasteiger partial charge on any atom is 0.244 e. The molecule has 2 N–H and O–H groups in total. The molecule has 0 spiro atoms. The van der Waals surface area contributed by atoms with Crippen LogP contribution >= 0.6 is 24.0 Å². The Balaban J connectivity index is 0.00000385. The van der Waals surface area contributed by atoms with Gasteiger partial charge in [0.2, 0.25) is 10.0 Å². The molecule has 0 amide bonds. The summed E-state index contributed by atoms with van der Waals surface area (Å²) in [5.74, 6) is 0.328. The van der Waals surface area contributed by atoms with Crippen molar-refractivity contribution in [2.75, 3.05) is 19.7 Å². The third-order valence-electron chi connectivity index (χ3n) is 5.29. The van der Waals surface area contributed by atoms with Gasteiger partial charge in [0.1, 0.15) is 10.6 Å². The van der Waals surface area contributed by atoms with E-state index in [1.807, 2.05) is 24.3 Å². The van der Waals surface area contributed by atoms with E-state index >= 15 is 0 Å². The normalized spacial score (nSPS) is 12.8. The fourth-order valence-electron chi connectivity index (χ4n) is 3.74. The summed E-state index contributed by atoms with van der Waals surface area (Å²) in [6.07, 6.45) is 3.44. The smallest absolute Gasteiger partial charge is 0.244 e. The van der Waals surface area contributed by atoms with E-state index in [9.17, 15) is 13.2 Å². The molecular weight excluding hydrogens is 483 g/mol. The highest BCUT2D eigenvalue weighted by molar-refractivity contribution is 7.89. The number of carbonyl (C=O) groups excluding carboxylic acids is 1. The largest absolute Gasteiger partial charge is 0.492 e. The van der Waals surface area contributed by atoms with Gasteiger partial charge in [-0.15, -0.1) is 12.4 Å². The molecule has 1 aliphatic heterocycles. The van der Waals surface area contributed by atoms with Crippen LogP contribution in [-0.2, 0) is 22.9 Å². The molecule has 0 unspecified atom stereocenters. The number of rotatable bonds is 12. The minimum Gasteiger partial charge on any atom is -0.492 e. The SMILES string of the molecule is CC(C)NS(=O)(=O)c1cc(C(=O)CCCCNCCc2ccccc2Cl)cc2c1OCC2.Cl. The van der Waals surface area contributed by atoms with Crippen molar-refractivity contribution in [2.24, 2.45) is 0 Å². The van der Waals surface area contributed by atoms with Crippen molar-refractivity contribution in [3.8, 4) is 5.75 Å². The minimum absolute atomic E-state index is 0. The molecule has 0 aromatic heterocycles. The van der Waals surface area contributed by atoms with Gasteiger partial charge in [-0.3, -0.25) is 4.79 Å². The first-order valence-electron chi connectivity index (χ1n) is 11.1. The van der Waals surface area contributed by atoms with Gasteiger partial charge in [-0.05, 0) is 75.5 Å². The summed E-state index contributed by atoms with van der Waals surface area (Å²) in [6.45, 7) is 5.59. The number of ether oxygens (including phenoxy) is 1. The highest BCUT2D eigenvalue weighted by Crippen LogP contribution is 2.34. The standard InChI is InChI=1S/C24H31ClN2O4S.ClH/c1-17(2)27-32(29,30)23-16-20(15-19-11-14-31-24(19)23)22(28)9-5-6-12-26-13-10-18-7-3-4-8-21(18)25;/h3-4,7-8,15-17,26-27H,5-6,9-14H2,1-2H3;1H. The summed E-state index contributed by atoms with van der Waals surface area (Å²) in [4.78, 5) is 12.8. The second-order valence-electron chi connectivity index (χ2n) is 8.31. The Morgan fingerprint density at radius 1 is 1.15 bits per heavy atom. The van der Waals surface area contributed by atoms with E-state index in [1.165, 1.54) is 6.07 Å². The van der Waals surface area contributed by atoms with Crippen LogP contribution in [0.3, 0.4) is 0 Å². The Hall–Kier alpha value is -1.64. The van der Waals surface area contributed by atoms with Crippen LogP contribution in [0.5, 0.6) is 5.75 Å². The first-order valence-corrected chi connectivity index (χ1v) is 12.9. The summed E-state index contributed by atoms with van der Waals surface area (Å²) in [6, 6.07) is 10.8. The summed E-state index contributed by atoms with van der Waals surface area (Å²) in [7, 11) is -3.75. The molecule has 33 heavy (non-hydrogen) atoms. The van der Waals surface area contributed by atoms with Crippen molar-refractivity contribution in [1.29, 1.82) is 0 Å². The molecule has 6 nitrogen and oxygen atoms in total. The first-order chi connectivity index (χ1) is 15.3. The third-order valence-corrected chi connectivity index (χ3v) is 7.32. The van der Waals surface area contributed by atoms with E-state index in [1.54, 1.807) is 19.9 Å². The van der Waals surface area contributed by atoms with Gasteiger partial charge >= 0.3 is 0 Å². The number of Topliss-reactive ketones (excluding diaryl/α,β-unsaturated/α-hetero) is 1. The average Bonchev–Trinajstić information content (AvgIpc) is 3.21. The highest BCUT2D eigenvalue weighted by atomic mass is 35.5. The lowest BCUT2D eigenvalue weighted by Crippen LogP contribution is -2.30. The second-order valence-corrected chi connectivity index (χ2v) is 10.4. The van der Waals surface area contributed by atoms with Crippen molar-refractivity contribution in [3.63, 3.8) is 0 Å². The summed E-state index contributed by atoms with van der Waals surface area (Å²) in [5.41, 5.74) is 2.33. The van der Waals surface area contributed by atoms with Crippen LogP contribution in [-0.4, -0.2) is 39.9 Å². The molecule has 0 aliphatic carbocycles. The van der Waals surface area contributed by atoms with Gasteiger partial charge in [0, 0.05) is 29.5 Å². The minimum atomic E-state index is -3.75. The Morgan fingerprint density at radius 2 is 1.91 bits per heavy atom. The lowest BCUT2D eigenvalue weighted by molar-refractivity contribution is 0.0979. The molecule has 2 aromatic rings. The predicted octanol–water partition coefficient (Wildman–Crippen LogP) is 4.57. The number of unbranched alkanes of at least 4 members (excludes halogenated alkanes) is 1. The Kier molecular flexibility index (Phi) is 10.6. The van der Waals surface area contributed by atoms with Crippen molar-refractivity contribution in [1.82, 2.24) is 10.0 Å². The predicted molar refractivity (Wildman–Crippen MR) is 135 cm³/mol. The van der Waals surface area contributed by atoms with Gasteiger partial charge in [0.05, 0.1) is 6.61 Å². The first kappa shape index (κ1) is 27.6. The van der Waals surface area contributed by atoms with E-state index in [4.69, 9.17) is 16.3 Å². The molecule has 1 aliphatic rings. The van der Waals surface area contributed by atoms with Gasteiger partial charge in [0.25, 0.3) is 0 Å². The molecule has 182 valence electrons. The maximum absolute atomic E-state index is 12.8. The Morgan fingerprint density at radius 3 is 2.64 bits per heavy atom. The molecule has 9 heteroatoms. The van der Waals surface area contributed by atoms with Crippen LogP contribution in [0, 0.1) is 0 Å². The fourth-order valence-corrected chi connectivity index (χ4v) is 5.43. The average molecular weight is 516 g/mol. The van der Waals surface area contributed by atoms with Crippen molar-refractivity contribution >= 4 is 39.8 Å². The van der Waals surface area contributed by atoms with Crippen LogP contribution in [0.15, 0.2) is 41.3 Å². The summed E-state index contributed by atoms with van der Waals surface area (Å²) < 4.78 is 33.6. The zero-order valence-corrected chi connectivity index (χ0v) is 21.4. The lowest BCUT2D eigenvalue weighted by Gasteiger charge is -2.14. The molecule has 0 saturated heterocycles. The number of fused-ring (bicyclic) bond motifs is 1. The van der Waals surface area contributed by atoms with E-state index in [2.05, 4.69) is 10.0 Å². The molecule has 3 rings (SSSR count). The van der Waals surface area contributed by atoms with Crippen molar-refractivity contribution in [3.05, 3.63) is 58.1 Å². The highest BCUT2D eigenvalue weighted by Gasteiger charge is 2.28. The summed E-state index contributed by atoms with van der Waals surface area (Å²) in [5, 5.41) is 4.16. The van der Waals surface area contributed by atoms with Gasteiger partial charge in [-0.25, -0.2) is 13.1 Å². The third kappa shape index (κ3) is 7.69. The van der Waals surface area contributed by atoms with Crippen molar-refractivity contribution in [2.45, 2.75) is 56.9 Å². The van der Waals surface area contributed by atoms with Crippen LogP contribution in [0.1, 0.15) is 54.6 Å². The van der Waals surface area contributed by atoms with Gasteiger partial charge in [0.15, 0.2) is 5.78 Å². The molecule has 0 saturated carbocycles. The maximum atomic E-state index is 12.8. The van der Waals surface area contributed by atoms with Crippen molar-refractivity contribution < 1.29 is 17.9 Å². The van der Waals surface area contributed by atoms with E-state index < -0.39 is 10.0 Å². The topological polar surface area (TPSA) is 84.5 Å². The molecule has 0 fully saturated rings. The summed E-state index contributed by atoms with van der Waals surface area (Å²) >= 11 is 6.16. The molecule has 0 radical (unpaired) electrons. The van der Waals surface area contributed by atoms with Crippen LogP contribution in [0.2, 0.25) is 5.02 Å². The Bertz CT molecular complexity index is 1060. The molecule has 1 heterocycles. The lowest BCUT2D eigenvalue weighted by atomic mass is 10.0. The quantitative estimate of drug-likeness (QED) is 0.320. The number of nitrogens with one attached hydrogen (secondary N) is 2. The molecule has 0 bridgehead atoms. The molecular formula is C24H32Cl2N2O4S. The fraction of sp³-hybridized carbons (Fsp3) is 0.458. The Labute approximate surface area is 207 Å². The zero-order chi connectivity index (χ0) is 23.1. The van der Waals surface area contributed by atoms with Gasteiger partial charge in [-0.2, -0.15) is 0 Å². The van der Waals surface area contributed by atoms with Crippen LogP contribution < -0.4 is 14.8 Å². The van der Waals surface area contributed by atoms with Gasteiger partial charge < -0.3 is 10.1 Å². The van der Waals surface area contributed by atoms with E-state index in [0.717, 1.165) is 48.5 Å². The second kappa shape index (κ2) is 12.7. The van der Waals surface area contributed by atoms with E-state index in [0.29, 0.717) is 30.8 Å². The number of ketones is 1. The number of carbonyl (C=O) groups is 1. The number of halogens is 2. The molecule has 0 atom stereocenters. The van der Waals surface area contributed by atoms with Crippen LogP contribution in [0.25, 0.3) is 0 Å².